The Morgan fingerprint density at radius 2 is 1.83 bits per heavy atom. The molecule has 1 N–H and O–H groups in total. The summed E-state index contributed by atoms with van der Waals surface area (Å²) in [6, 6.07) is 7.08. The summed E-state index contributed by atoms with van der Waals surface area (Å²) in [5, 5.41) is 3.33. The Morgan fingerprint density at radius 1 is 1.22 bits per heavy atom. The minimum Gasteiger partial charge on any atom is -0.484 e. The Balaban J connectivity index is 1.82. The van der Waals surface area contributed by atoms with Crippen LogP contribution in [0.4, 0.5) is 18.9 Å². The van der Waals surface area contributed by atoms with Gasteiger partial charge in [-0.2, -0.15) is 13.2 Å². The fraction of sp³-hybridized carbons (Fsp3) is 0.538. The monoisotopic (exact) mass is 259 g/mol. The molecule has 18 heavy (non-hydrogen) atoms. The molecule has 1 fully saturated rings. The maximum atomic E-state index is 11.9. The number of ether oxygens (including phenoxy) is 1. The zero-order valence-corrected chi connectivity index (χ0v) is 10.1. The standard InChI is InChI=1S/C13H16F3NO/c1-9-6-11(7-9)17-10-2-4-12(5-3-10)18-8-13(14,15)16/h2-5,9,11,17H,6-8H2,1H3. The average molecular weight is 259 g/mol. The predicted octanol–water partition coefficient (Wildman–Crippen LogP) is 3.84. The van der Waals surface area contributed by atoms with Gasteiger partial charge in [0.25, 0.3) is 0 Å². The van der Waals surface area contributed by atoms with Gasteiger partial charge in [0.15, 0.2) is 6.61 Å². The van der Waals surface area contributed by atoms with Crippen LogP contribution in [0.25, 0.3) is 0 Å². The number of halogens is 3. The van der Waals surface area contributed by atoms with Gasteiger partial charge in [0.05, 0.1) is 0 Å². The van der Waals surface area contributed by atoms with Gasteiger partial charge in [-0.3, -0.25) is 0 Å². The molecule has 0 heterocycles. The molecule has 1 aliphatic carbocycles. The molecule has 1 aromatic rings. The van der Waals surface area contributed by atoms with Crippen LogP contribution < -0.4 is 10.1 Å². The van der Waals surface area contributed by atoms with Crippen LogP contribution >= 0.6 is 0 Å². The van der Waals surface area contributed by atoms with E-state index in [1.54, 1.807) is 24.3 Å². The molecule has 1 saturated carbocycles. The molecule has 1 aromatic carbocycles. The number of rotatable bonds is 4. The van der Waals surface area contributed by atoms with Gasteiger partial charge in [-0.1, -0.05) is 6.92 Å². The third kappa shape index (κ3) is 3.82. The number of nitrogens with one attached hydrogen (secondary N) is 1. The Kier molecular flexibility index (Phi) is 3.68. The smallest absolute Gasteiger partial charge is 0.422 e. The van der Waals surface area contributed by atoms with Crippen LogP contribution in [0.5, 0.6) is 5.75 Å². The molecule has 100 valence electrons. The lowest BCUT2D eigenvalue weighted by Gasteiger charge is -2.34. The van der Waals surface area contributed by atoms with Crippen molar-refractivity contribution in [2.24, 2.45) is 5.92 Å². The summed E-state index contributed by atoms with van der Waals surface area (Å²) in [6.45, 7) is 0.951. The van der Waals surface area contributed by atoms with E-state index in [2.05, 4.69) is 17.0 Å². The lowest BCUT2D eigenvalue weighted by molar-refractivity contribution is -0.153. The van der Waals surface area contributed by atoms with Crippen molar-refractivity contribution >= 4 is 5.69 Å². The molecule has 2 rings (SSSR count). The van der Waals surface area contributed by atoms with Gasteiger partial charge in [0.1, 0.15) is 5.75 Å². The van der Waals surface area contributed by atoms with E-state index in [4.69, 9.17) is 0 Å². The van der Waals surface area contributed by atoms with E-state index in [-0.39, 0.29) is 5.75 Å². The third-order valence-corrected chi connectivity index (χ3v) is 3.00. The lowest BCUT2D eigenvalue weighted by atomic mass is 9.82. The molecule has 0 atom stereocenters. The summed E-state index contributed by atoms with van der Waals surface area (Å²) in [7, 11) is 0. The molecule has 2 nitrogen and oxygen atoms in total. The van der Waals surface area contributed by atoms with Crippen molar-refractivity contribution in [1.29, 1.82) is 0 Å². The van der Waals surface area contributed by atoms with Crippen LogP contribution in [0.2, 0.25) is 0 Å². The minimum atomic E-state index is -4.29. The normalized spacial score (nSPS) is 23.3. The fourth-order valence-electron chi connectivity index (χ4n) is 2.07. The molecule has 1 aliphatic rings. The van der Waals surface area contributed by atoms with Crippen LogP contribution in [0, 0.1) is 5.92 Å². The van der Waals surface area contributed by atoms with Crippen molar-refractivity contribution in [3.05, 3.63) is 24.3 Å². The third-order valence-electron chi connectivity index (χ3n) is 3.00. The Bertz CT molecular complexity index is 382. The van der Waals surface area contributed by atoms with Crippen LogP contribution in [-0.4, -0.2) is 18.8 Å². The first-order valence-electron chi connectivity index (χ1n) is 5.98. The predicted molar refractivity (Wildman–Crippen MR) is 63.8 cm³/mol. The van der Waals surface area contributed by atoms with E-state index >= 15 is 0 Å². The van der Waals surface area contributed by atoms with Crippen LogP contribution in [0.15, 0.2) is 24.3 Å². The number of benzene rings is 1. The number of alkyl halides is 3. The van der Waals surface area contributed by atoms with Gasteiger partial charge in [-0.25, -0.2) is 0 Å². The van der Waals surface area contributed by atoms with Crippen molar-refractivity contribution in [3.8, 4) is 5.75 Å². The molecule has 0 amide bonds. The highest BCUT2D eigenvalue weighted by molar-refractivity contribution is 5.47. The minimum absolute atomic E-state index is 0.236. The molecule has 0 radical (unpaired) electrons. The quantitative estimate of drug-likeness (QED) is 0.887. The highest BCUT2D eigenvalue weighted by Gasteiger charge is 2.28. The van der Waals surface area contributed by atoms with Crippen molar-refractivity contribution in [2.75, 3.05) is 11.9 Å². The molecular weight excluding hydrogens is 243 g/mol. The van der Waals surface area contributed by atoms with E-state index in [1.165, 1.54) is 0 Å². The largest absolute Gasteiger partial charge is 0.484 e. The van der Waals surface area contributed by atoms with Gasteiger partial charge in [0.2, 0.25) is 0 Å². The topological polar surface area (TPSA) is 21.3 Å². The first kappa shape index (κ1) is 13.1. The van der Waals surface area contributed by atoms with E-state index in [0.717, 1.165) is 24.4 Å². The molecule has 0 aliphatic heterocycles. The Morgan fingerprint density at radius 3 is 2.33 bits per heavy atom. The summed E-state index contributed by atoms with van der Waals surface area (Å²) >= 11 is 0. The maximum Gasteiger partial charge on any atom is 0.422 e. The van der Waals surface area contributed by atoms with E-state index in [0.29, 0.717) is 6.04 Å². The van der Waals surface area contributed by atoms with E-state index in [9.17, 15) is 13.2 Å². The second kappa shape index (κ2) is 5.08. The second-order valence-electron chi connectivity index (χ2n) is 4.85. The SMILES string of the molecule is CC1CC(Nc2ccc(OCC(F)(F)F)cc2)C1. The van der Waals surface area contributed by atoms with Gasteiger partial charge in [-0.05, 0) is 43.0 Å². The maximum absolute atomic E-state index is 11.9. The highest BCUT2D eigenvalue weighted by Crippen LogP contribution is 2.30. The Hall–Kier alpha value is -1.39. The molecule has 0 bridgehead atoms. The summed E-state index contributed by atoms with van der Waals surface area (Å²) in [6.07, 6.45) is -2.00. The van der Waals surface area contributed by atoms with Crippen LogP contribution in [0.1, 0.15) is 19.8 Å². The number of hydrogen-bond donors (Lipinski definition) is 1. The van der Waals surface area contributed by atoms with Gasteiger partial charge < -0.3 is 10.1 Å². The molecular formula is C13H16F3NO. The van der Waals surface area contributed by atoms with Gasteiger partial charge in [-0.15, -0.1) is 0 Å². The van der Waals surface area contributed by atoms with Crippen molar-refractivity contribution < 1.29 is 17.9 Å². The molecule has 0 saturated heterocycles. The summed E-state index contributed by atoms with van der Waals surface area (Å²) in [5.74, 6) is 0.997. The zero-order valence-electron chi connectivity index (χ0n) is 10.1. The number of hydrogen-bond acceptors (Lipinski definition) is 2. The Labute approximate surface area is 104 Å². The van der Waals surface area contributed by atoms with Crippen LogP contribution in [0.3, 0.4) is 0 Å². The zero-order chi connectivity index (χ0) is 13.2. The highest BCUT2D eigenvalue weighted by atomic mass is 19.4. The first-order valence-corrected chi connectivity index (χ1v) is 5.98. The summed E-state index contributed by atoms with van der Waals surface area (Å²) < 4.78 is 40.5. The average Bonchev–Trinajstić information content (AvgIpc) is 2.25. The molecule has 0 aromatic heterocycles. The van der Waals surface area contributed by atoms with Gasteiger partial charge in [0, 0.05) is 11.7 Å². The van der Waals surface area contributed by atoms with Crippen molar-refractivity contribution in [2.45, 2.75) is 32.0 Å². The van der Waals surface area contributed by atoms with E-state index < -0.39 is 12.8 Å². The number of anilines is 1. The first-order chi connectivity index (χ1) is 8.42. The lowest BCUT2D eigenvalue weighted by Crippen LogP contribution is -2.33. The van der Waals surface area contributed by atoms with Crippen molar-refractivity contribution in [3.63, 3.8) is 0 Å². The van der Waals surface area contributed by atoms with E-state index in [1.807, 2.05) is 0 Å². The molecule has 0 unspecified atom stereocenters. The molecule has 0 spiro atoms. The van der Waals surface area contributed by atoms with Crippen molar-refractivity contribution in [1.82, 2.24) is 0 Å². The molecule has 5 heteroatoms. The van der Waals surface area contributed by atoms with Crippen LogP contribution in [-0.2, 0) is 0 Å². The second-order valence-corrected chi connectivity index (χ2v) is 4.85. The fourth-order valence-corrected chi connectivity index (χ4v) is 2.07. The van der Waals surface area contributed by atoms with Gasteiger partial charge >= 0.3 is 6.18 Å². The summed E-state index contributed by atoms with van der Waals surface area (Å²) in [4.78, 5) is 0. The summed E-state index contributed by atoms with van der Waals surface area (Å²) in [5.41, 5.74) is 0.922.